The molecule has 2 heteroatoms. The first-order chi connectivity index (χ1) is 7.22. The summed E-state index contributed by atoms with van der Waals surface area (Å²) in [6.45, 7) is 6.14. The number of aryl methyl sites for hydroxylation is 1. The van der Waals surface area contributed by atoms with E-state index in [0.29, 0.717) is 11.6 Å². The lowest BCUT2D eigenvalue weighted by Crippen LogP contribution is -1.96. The Morgan fingerprint density at radius 3 is 2.53 bits per heavy atom. The molecule has 1 aromatic carbocycles. The Labute approximate surface area is 96.7 Å². The van der Waals surface area contributed by atoms with Crippen LogP contribution in [0, 0.1) is 0 Å². The van der Waals surface area contributed by atoms with Crippen molar-refractivity contribution >= 4 is 11.6 Å². The Kier molecular flexibility index (Phi) is 5.27. The van der Waals surface area contributed by atoms with E-state index in [1.165, 1.54) is 18.4 Å². The molecule has 0 amide bonds. The van der Waals surface area contributed by atoms with Crippen LogP contribution in [0.2, 0.25) is 0 Å². The minimum absolute atomic E-state index is 0.371. The monoisotopic (exact) mass is 224 g/mol. The van der Waals surface area contributed by atoms with Gasteiger partial charge in [-0.15, -0.1) is 0 Å². The molecular formula is C13H17ClO. The maximum Gasteiger partial charge on any atom is 0.123 e. The molecule has 0 radical (unpaired) electrons. The molecule has 0 unspecified atom stereocenters. The van der Waals surface area contributed by atoms with E-state index in [0.717, 1.165) is 12.2 Å². The first kappa shape index (κ1) is 12.1. The summed E-state index contributed by atoms with van der Waals surface area (Å²) in [5.74, 6) is 0.844. The van der Waals surface area contributed by atoms with Crippen molar-refractivity contribution in [1.82, 2.24) is 0 Å². The molecule has 0 atom stereocenters. The summed E-state index contributed by atoms with van der Waals surface area (Å²) in [7, 11) is 0. The van der Waals surface area contributed by atoms with Crippen molar-refractivity contribution in [3.05, 3.63) is 41.4 Å². The lowest BCUT2D eigenvalue weighted by molar-refractivity contribution is 0.359. The largest absolute Gasteiger partial charge is 0.488 e. The van der Waals surface area contributed by atoms with Gasteiger partial charge in [0.05, 0.1) is 0 Å². The number of rotatable bonds is 6. The molecule has 0 aliphatic carbocycles. The van der Waals surface area contributed by atoms with E-state index in [4.69, 9.17) is 16.3 Å². The molecule has 15 heavy (non-hydrogen) atoms. The number of hydrogen-bond donors (Lipinski definition) is 0. The highest BCUT2D eigenvalue weighted by Gasteiger charge is 1.96. The van der Waals surface area contributed by atoms with Crippen molar-refractivity contribution in [1.29, 1.82) is 0 Å². The minimum atomic E-state index is 0.371. The molecule has 0 saturated heterocycles. The highest BCUT2D eigenvalue weighted by molar-refractivity contribution is 6.29. The summed E-state index contributed by atoms with van der Waals surface area (Å²) >= 11 is 5.61. The molecule has 82 valence electrons. The van der Waals surface area contributed by atoms with Crippen molar-refractivity contribution in [2.24, 2.45) is 0 Å². The number of ether oxygens (including phenoxy) is 1. The van der Waals surface area contributed by atoms with Gasteiger partial charge in [0, 0.05) is 5.03 Å². The Morgan fingerprint density at radius 2 is 2.00 bits per heavy atom. The molecule has 0 aliphatic heterocycles. The highest BCUT2D eigenvalue weighted by atomic mass is 35.5. The SMILES string of the molecule is C=C(Cl)COc1ccc(CCCC)cc1. The van der Waals surface area contributed by atoms with Crippen LogP contribution in [0.1, 0.15) is 25.3 Å². The summed E-state index contributed by atoms with van der Waals surface area (Å²) in [5.41, 5.74) is 1.36. The average molecular weight is 225 g/mol. The average Bonchev–Trinajstić information content (AvgIpc) is 2.25. The van der Waals surface area contributed by atoms with E-state index in [1.807, 2.05) is 12.1 Å². The summed E-state index contributed by atoms with van der Waals surface area (Å²) in [6.07, 6.45) is 3.60. The van der Waals surface area contributed by atoms with Crippen molar-refractivity contribution < 1.29 is 4.74 Å². The van der Waals surface area contributed by atoms with Crippen LogP contribution in [0.3, 0.4) is 0 Å². The molecule has 0 heterocycles. The zero-order chi connectivity index (χ0) is 11.1. The van der Waals surface area contributed by atoms with Crippen molar-refractivity contribution in [3.8, 4) is 5.75 Å². The zero-order valence-corrected chi connectivity index (χ0v) is 9.89. The quantitative estimate of drug-likeness (QED) is 0.705. The maximum absolute atomic E-state index is 5.61. The number of unbranched alkanes of at least 4 members (excludes halogenated alkanes) is 1. The summed E-state index contributed by atoms with van der Waals surface area (Å²) in [6, 6.07) is 8.15. The Bertz CT molecular complexity index is 303. The second kappa shape index (κ2) is 6.52. The van der Waals surface area contributed by atoms with Gasteiger partial charge in [-0.2, -0.15) is 0 Å². The topological polar surface area (TPSA) is 9.23 Å². The molecule has 0 aliphatic rings. The fourth-order valence-corrected chi connectivity index (χ4v) is 1.35. The second-order valence-corrected chi connectivity index (χ2v) is 4.09. The van der Waals surface area contributed by atoms with Gasteiger partial charge >= 0.3 is 0 Å². The lowest BCUT2D eigenvalue weighted by Gasteiger charge is -2.05. The third-order valence-corrected chi connectivity index (χ3v) is 2.25. The van der Waals surface area contributed by atoms with Gasteiger partial charge in [0.1, 0.15) is 12.4 Å². The molecule has 1 nitrogen and oxygen atoms in total. The van der Waals surface area contributed by atoms with E-state index >= 15 is 0 Å². The molecule has 0 saturated carbocycles. The van der Waals surface area contributed by atoms with Crippen molar-refractivity contribution in [3.63, 3.8) is 0 Å². The van der Waals surface area contributed by atoms with Gasteiger partial charge in [0.15, 0.2) is 0 Å². The summed E-state index contributed by atoms with van der Waals surface area (Å²) in [5, 5.41) is 0.519. The fourth-order valence-electron chi connectivity index (χ4n) is 1.29. The maximum atomic E-state index is 5.61. The normalized spacial score (nSPS) is 10.0. The number of benzene rings is 1. The predicted molar refractivity (Wildman–Crippen MR) is 65.5 cm³/mol. The smallest absolute Gasteiger partial charge is 0.123 e. The number of hydrogen-bond acceptors (Lipinski definition) is 1. The third-order valence-electron chi connectivity index (χ3n) is 2.14. The van der Waals surface area contributed by atoms with Gasteiger partial charge in [-0.25, -0.2) is 0 Å². The molecule has 0 bridgehead atoms. The summed E-state index contributed by atoms with van der Waals surface area (Å²) in [4.78, 5) is 0. The number of halogens is 1. The van der Waals surface area contributed by atoms with Crippen LogP contribution in [0.5, 0.6) is 5.75 Å². The lowest BCUT2D eigenvalue weighted by atomic mass is 10.1. The Hall–Kier alpha value is -0.950. The molecule has 0 N–H and O–H groups in total. The van der Waals surface area contributed by atoms with Crippen LogP contribution < -0.4 is 4.74 Å². The van der Waals surface area contributed by atoms with Gasteiger partial charge in [-0.1, -0.05) is 43.7 Å². The summed E-state index contributed by atoms with van der Waals surface area (Å²) < 4.78 is 5.40. The van der Waals surface area contributed by atoms with Crippen LogP contribution >= 0.6 is 11.6 Å². The fraction of sp³-hybridized carbons (Fsp3) is 0.385. The standard InChI is InChI=1S/C13H17ClO/c1-3-4-5-12-6-8-13(9-7-12)15-10-11(2)14/h6-9H,2-5,10H2,1H3. The molecule has 0 fully saturated rings. The second-order valence-electron chi connectivity index (χ2n) is 3.55. The molecular weight excluding hydrogens is 208 g/mol. The minimum Gasteiger partial charge on any atom is -0.488 e. The van der Waals surface area contributed by atoms with E-state index < -0.39 is 0 Å². The van der Waals surface area contributed by atoms with Crippen LogP contribution in [-0.2, 0) is 6.42 Å². The first-order valence-corrected chi connectivity index (χ1v) is 5.65. The van der Waals surface area contributed by atoms with E-state index in [1.54, 1.807) is 0 Å². The van der Waals surface area contributed by atoms with Crippen LogP contribution in [-0.4, -0.2) is 6.61 Å². The van der Waals surface area contributed by atoms with E-state index in [-0.39, 0.29) is 0 Å². The van der Waals surface area contributed by atoms with Crippen LogP contribution in [0.4, 0.5) is 0 Å². The van der Waals surface area contributed by atoms with Gasteiger partial charge in [0.2, 0.25) is 0 Å². The first-order valence-electron chi connectivity index (χ1n) is 5.27. The van der Waals surface area contributed by atoms with Crippen molar-refractivity contribution in [2.45, 2.75) is 26.2 Å². The highest BCUT2D eigenvalue weighted by Crippen LogP contribution is 2.14. The van der Waals surface area contributed by atoms with Gasteiger partial charge in [0.25, 0.3) is 0 Å². The third kappa shape index (κ3) is 4.89. The zero-order valence-electron chi connectivity index (χ0n) is 9.13. The van der Waals surface area contributed by atoms with Crippen molar-refractivity contribution in [2.75, 3.05) is 6.61 Å². The molecule has 0 spiro atoms. The molecule has 1 rings (SSSR count). The predicted octanol–water partition coefficient (Wildman–Crippen LogP) is 4.16. The molecule has 1 aromatic rings. The van der Waals surface area contributed by atoms with Gasteiger partial charge in [-0.3, -0.25) is 0 Å². The van der Waals surface area contributed by atoms with E-state index in [2.05, 4.69) is 25.6 Å². The van der Waals surface area contributed by atoms with E-state index in [9.17, 15) is 0 Å². The van der Waals surface area contributed by atoms with Gasteiger partial charge < -0.3 is 4.74 Å². The van der Waals surface area contributed by atoms with Gasteiger partial charge in [-0.05, 0) is 30.5 Å². The Balaban J connectivity index is 2.45. The van der Waals surface area contributed by atoms with Crippen LogP contribution in [0.15, 0.2) is 35.9 Å². The Morgan fingerprint density at radius 1 is 1.33 bits per heavy atom. The van der Waals surface area contributed by atoms with Crippen LogP contribution in [0.25, 0.3) is 0 Å². The molecule has 0 aromatic heterocycles.